The van der Waals surface area contributed by atoms with Gasteiger partial charge in [0.15, 0.2) is 0 Å². The Balaban J connectivity index is 1.40. The second kappa shape index (κ2) is 11.4. The summed E-state index contributed by atoms with van der Waals surface area (Å²) in [6.45, 7) is 3.13. The van der Waals surface area contributed by atoms with Crippen LogP contribution in [0.25, 0.3) is 54.8 Å². The third-order valence-corrected chi connectivity index (χ3v) is 9.56. The van der Waals surface area contributed by atoms with E-state index in [-0.39, 0.29) is 23.4 Å². The summed E-state index contributed by atoms with van der Waals surface area (Å²) in [5.74, 6) is -1.04. The Kier molecular flexibility index (Phi) is 7.24. The maximum Gasteiger partial charge on any atom is 0.345 e. The van der Waals surface area contributed by atoms with Crippen molar-refractivity contribution in [3.63, 3.8) is 0 Å². The first-order valence-electron chi connectivity index (χ1n) is 14.7. The molecule has 7 rings (SSSR count). The molecule has 0 aliphatic carbocycles. The summed E-state index contributed by atoms with van der Waals surface area (Å²) >= 11 is 1.23. The van der Waals surface area contributed by atoms with Crippen LogP contribution in [0.15, 0.2) is 91.0 Å². The highest BCUT2D eigenvalue weighted by molar-refractivity contribution is 7.21. The number of pyridine rings is 1. The fourth-order valence-electron chi connectivity index (χ4n) is 6.07. The van der Waals surface area contributed by atoms with Crippen molar-refractivity contribution in [3.05, 3.63) is 101 Å². The lowest BCUT2D eigenvalue weighted by Crippen LogP contribution is -2.41. The zero-order valence-electron chi connectivity index (χ0n) is 24.2. The van der Waals surface area contributed by atoms with E-state index >= 15 is 0 Å². The lowest BCUT2D eigenvalue weighted by molar-refractivity contribution is -0.133. The van der Waals surface area contributed by atoms with E-state index in [1.54, 1.807) is 11.0 Å². The topological polar surface area (TPSA) is 95.7 Å². The van der Waals surface area contributed by atoms with Gasteiger partial charge in [-0.2, -0.15) is 0 Å². The molecule has 6 aromatic rings. The van der Waals surface area contributed by atoms with Crippen LogP contribution in [-0.2, 0) is 11.3 Å². The Bertz CT molecular complexity index is 2020. The number of thiophene rings is 1. The van der Waals surface area contributed by atoms with Crippen LogP contribution in [-0.4, -0.2) is 55.7 Å². The van der Waals surface area contributed by atoms with E-state index < -0.39 is 5.97 Å². The number of aromatic nitrogens is 2. The molecular weight excluding hydrogens is 570 g/mol. The predicted molar refractivity (Wildman–Crippen MR) is 175 cm³/mol. The minimum atomic E-state index is -0.990. The molecule has 0 saturated carbocycles. The van der Waals surface area contributed by atoms with Crippen molar-refractivity contribution < 1.29 is 19.8 Å². The van der Waals surface area contributed by atoms with Crippen molar-refractivity contribution in [2.45, 2.75) is 32.4 Å². The molecule has 4 heterocycles. The first-order chi connectivity index (χ1) is 21.4. The number of carboxylic acids is 1. The molecule has 3 aromatic carbocycles. The predicted octanol–water partition coefficient (Wildman–Crippen LogP) is 7.24. The van der Waals surface area contributed by atoms with Gasteiger partial charge in [-0.1, -0.05) is 72.3 Å². The average Bonchev–Trinajstić information content (AvgIpc) is 3.60. The highest BCUT2D eigenvalue weighted by Gasteiger charge is 2.28. The molecular formula is C36H31N3O4S. The van der Waals surface area contributed by atoms with Gasteiger partial charge in [0.1, 0.15) is 11.4 Å². The van der Waals surface area contributed by atoms with E-state index in [0.29, 0.717) is 25.9 Å². The van der Waals surface area contributed by atoms with Crippen LogP contribution < -0.4 is 0 Å². The second-order valence-corrected chi connectivity index (χ2v) is 12.4. The first-order valence-corrected chi connectivity index (χ1v) is 15.6. The minimum absolute atomic E-state index is 0.0528. The number of piperidine rings is 1. The molecule has 3 aromatic heterocycles. The van der Waals surface area contributed by atoms with E-state index in [9.17, 15) is 19.8 Å². The Morgan fingerprint density at radius 1 is 0.886 bits per heavy atom. The summed E-state index contributed by atoms with van der Waals surface area (Å²) in [6.07, 6.45) is 0.725. The lowest BCUT2D eigenvalue weighted by atomic mass is 9.99. The van der Waals surface area contributed by atoms with E-state index in [4.69, 9.17) is 4.98 Å². The third-order valence-electron chi connectivity index (χ3n) is 8.43. The molecule has 7 nitrogen and oxygen atoms in total. The molecule has 0 unspecified atom stereocenters. The van der Waals surface area contributed by atoms with Gasteiger partial charge in [-0.3, -0.25) is 4.79 Å². The van der Waals surface area contributed by atoms with Crippen LogP contribution >= 0.6 is 11.3 Å². The number of carbonyl (C=O) groups is 2. The van der Waals surface area contributed by atoms with Crippen LogP contribution in [0.2, 0.25) is 0 Å². The maximum atomic E-state index is 13.7. The van der Waals surface area contributed by atoms with Crippen molar-refractivity contribution in [3.8, 4) is 33.6 Å². The number of aryl methyl sites for hydroxylation is 1. The fourth-order valence-corrected chi connectivity index (χ4v) is 7.14. The molecule has 0 atom stereocenters. The summed E-state index contributed by atoms with van der Waals surface area (Å²) in [5.41, 5.74) is 8.38. The van der Waals surface area contributed by atoms with Gasteiger partial charge in [0, 0.05) is 29.6 Å². The van der Waals surface area contributed by atoms with Gasteiger partial charge >= 0.3 is 5.97 Å². The fraction of sp³-hybridized carbons (Fsp3) is 0.194. The number of benzene rings is 3. The molecule has 1 saturated heterocycles. The molecule has 0 radical (unpaired) electrons. The van der Waals surface area contributed by atoms with Crippen LogP contribution in [0, 0.1) is 6.92 Å². The number of aromatic carboxylic acids is 1. The Morgan fingerprint density at radius 2 is 1.61 bits per heavy atom. The highest BCUT2D eigenvalue weighted by atomic mass is 32.1. The van der Waals surface area contributed by atoms with Crippen molar-refractivity contribution in [1.29, 1.82) is 0 Å². The summed E-state index contributed by atoms with van der Waals surface area (Å²) in [6, 6.07) is 30.2. The van der Waals surface area contributed by atoms with E-state index in [1.165, 1.54) is 16.9 Å². The van der Waals surface area contributed by atoms with E-state index in [1.807, 2.05) is 53.1 Å². The van der Waals surface area contributed by atoms with Crippen molar-refractivity contribution >= 4 is 44.3 Å². The zero-order chi connectivity index (χ0) is 30.4. The largest absolute Gasteiger partial charge is 0.477 e. The standard InChI is InChI=1S/C36H31N3O4S/c1-22-7-9-23(10-8-22)28-13-11-25-19-26(12-14-29(25)37-28)34-33(24-5-3-2-4-6-24)35-30(20-31(44-35)36(42)43)39(34)21-32(41)38-17-15-27(40)16-18-38/h2-14,19-20,27,40H,15-18,21H2,1H3,(H,42,43). The lowest BCUT2D eigenvalue weighted by Gasteiger charge is -2.30. The third kappa shape index (κ3) is 5.16. The van der Waals surface area contributed by atoms with Crippen molar-refractivity contribution in [2.75, 3.05) is 13.1 Å². The number of fused-ring (bicyclic) bond motifs is 2. The molecule has 1 aliphatic heterocycles. The summed E-state index contributed by atoms with van der Waals surface area (Å²) in [5, 5.41) is 20.8. The first kappa shape index (κ1) is 28.0. The van der Waals surface area contributed by atoms with Crippen molar-refractivity contribution in [2.24, 2.45) is 0 Å². The SMILES string of the molecule is Cc1ccc(-c2ccc3cc(-c4c(-c5ccccc5)c5sc(C(=O)O)cc5n4CC(=O)N4CCC(O)CC4)ccc3n2)cc1. The second-order valence-electron chi connectivity index (χ2n) is 11.4. The maximum absolute atomic E-state index is 13.7. The van der Waals surface area contributed by atoms with Gasteiger partial charge in [0.05, 0.1) is 33.2 Å². The molecule has 1 aliphatic rings. The number of likely N-dealkylation sites (tertiary alicyclic amines) is 1. The summed E-state index contributed by atoms with van der Waals surface area (Å²) in [4.78, 5) is 32.7. The number of rotatable bonds is 6. The van der Waals surface area contributed by atoms with Gasteiger partial charge in [-0.25, -0.2) is 9.78 Å². The number of nitrogens with zero attached hydrogens (tertiary/aromatic N) is 3. The molecule has 1 fully saturated rings. The molecule has 1 amide bonds. The summed E-state index contributed by atoms with van der Waals surface area (Å²) in [7, 11) is 0. The zero-order valence-corrected chi connectivity index (χ0v) is 25.1. The van der Waals surface area contributed by atoms with Gasteiger partial charge in [-0.05, 0) is 55.2 Å². The van der Waals surface area contributed by atoms with E-state index in [2.05, 4.69) is 43.3 Å². The molecule has 220 valence electrons. The normalized spacial score (nSPS) is 14.0. The van der Waals surface area contributed by atoms with Gasteiger partial charge in [0.25, 0.3) is 0 Å². The summed E-state index contributed by atoms with van der Waals surface area (Å²) < 4.78 is 2.81. The van der Waals surface area contributed by atoms with Gasteiger partial charge in [-0.15, -0.1) is 11.3 Å². The van der Waals surface area contributed by atoms with Crippen LogP contribution in [0.1, 0.15) is 28.1 Å². The monoisotopic (exact) mass is 601 g/mol. The average molecular weight is 602 g/mol. The van der Waals surface area contributed by atoms with Crippen LogP contribution in [0.4, 0.5) is 0 Å². The molecule has 2 N–H and O–H groups in total. The number of hydrogen-bond acceptors (Lipinski definition) is 5. The Labute approximate surface area is 258 Å². The van der Waals surface area contributed by atoms with Gasteiger partial charge in [0.2, 0.25) is 5.91 Å². The minimum Gasteiger partial charge on any atom is -0.477 e. The molecule has 0 spiro atoms. The number of amides is 1. The quantitative estimate of drug-likeness (QED) is 0.210. The number of aliphatic hydroxyl groups excluding tert-OH is 1. The molecule has 0 bridgehead atoms. The van der Waals surface area contributed by atoms with E-state index in [0.717, 1.165) is 54.8 Å². The van der Waals surface area contributed by atoms with Crippen molar-refractivity contribution in [1.82, 2.24) is 14.5 Å². The number of aliphatic hydroxyl groups is 1. The number of hydrogen-bond donors (Lipinski definition) is 2. The number of carbonyl (C=O) groups excluding carboxylic acids is 1. The molecule has 44 heavy (non-hydrogen) atoms. The van der Waals surface area contributed by atoms with Gasteiger partial charge < -0.3 is 19.7 Å². The smallest absolute Gasteiger partial charge is 0.345 e. The Morgan fingerprint density at radius 3 is 2.34 bits per heavy atom. The van der Waals surface area contributed by atoms with Crippen LogP contribution in [0.3, 0.4) is 0 Å². The molecule has 8 heteroatoms. The highest BCUT2D eigenvalue weighted by Crippen LogP contribution is 2.45. The Hall–Kier alpha value is -4.79. The van der Waals surface area contributed by atoms with Crippen LogP contribution in [0.5, 0.6) is 0 Å². The number of carboxylic acid groups (broad SMARTS) is 1.